The Kier molecular flexibility index (Phi) is 3.72. The van der Waals surface area contributed by atoms with Crippen molar-refractivity contribution >= 4 is 29.3 Å². The molecule has 1 atom stereocenters. The SMILES string of the molecule is Cl.O=C1N[C@@H](c2ccc3ccccc3c2)CCO1. The van der Waals surface area contributed by atoms with Crippen molar-refractivity contribution in [3.05, 3.63) is 48.0 Å². The zero-order valence-electron chi connectivity index (χ0n) is 9.76. The van der Waals surface area contributed by atoms with Crippen molar-refractivity contribution in [1.82, 2.24) is 5.32 Å². The van der Waals surface area contributed by atoms with Crippen LogP contribution in [0.5, 0.6) is 0 Å². The number of hydrogen-bond acceptors (Lipinski definition) is 2. The number of alkyl carbamates (subject to hydrolysis) is 1. The van der Waals surface area contributed by atoms with Crippen LogP contribution >= 0.6 is 12.4 Å². The third-order valence-corrected chi connectivity index (χ3v) is 3.11. The first kappa shape index (κ1) is 12.7. The average molecular weight is 264 g/mol. The van der Waals surface area contributed by atoms with Gasteiger partial charge in [-0.15, -0.1) is 12.4 Å². The number of cyclic esters (lactones) is 1. The van der Waals surface area contributed by atoms with Gasteiger partial charge in [-0.3, -0.25) is 0 Å². The van der Waals surface area contributed by atoms with Crippen molar-refractivity contribution in [2.45, 2.75) is 12.5 Å². The lowest BCUT2D eigenvalue weighted by Crippen LogP contribution is -2.35. The number of benzene rings is 2. The van der Waals surface area contributed by atoms with E-state index in [1.165, 1.54) is 10.8 Å². The van der Waals surface area contributed by atoms with Crippen molar-refractivity contribution in [2.75, 3.05) is 6.61 Å². The molecule has 1 amide bonds. The third kappa shape index (κ3) is 2.41. The summed E-state index contributed by atoms with van der Waals surface area (Å²) in [4.78, 5) is 11.2. The van der Waals surface area contributed by atoms with E-state index in [4.69, 9.17) is 4.74 Å². The summed E-state index contributed by atoms with van der Waals surface area (Å²) in [7, 11) is 0. The number of hydrogen-bond donors (Lipinski definition) is 1. The molecule has 0 aliphatic carbocycles. The second-order valence-corrected chi connectivity index (χ2v) is 4.23. The van der Waals surface area contributed by atoms with Crippen LogP contribution in [0, 0.1) is 0 Å². The number of ether oxygens (including phenoxy) is 1. The molecule has 4 heteroatoms. The summed E-state index contributed by atoms with van der Waals surface area (Å²) >= 11 is 0. The Hall–Kier alpha value is -1.74. The van der Waals surface area contributed by atoms with Crippen LogP contribution in [0.3, 0.4) is 0 Å². The minimum atomic E-state index is -0.325. The van der Waals surface area contributed by atoms with E-state index in [1.807, 2.05) is 12.1 Å². The van der Waals surface area contributed by atoms with Gasteiger partial charge in [0.1, 0.15) is 0 Å². The molecule has 3 rings (SSSR count). The van der Waals surface area contributed by atoms with Gasteiger partial charge < -0.3 is 10.1 Å². The summed E-state index contributed by atoms with van der Waals surface area (Å²) in [6.07, 6.45) is 0.499. The topological polar surface area (TPSA) is 38.3 Å². The summed E-state index contributed by atoms with van der Waals surface area (Å²) in [6.45, 7) is 0.489. The van der Waals surface area contributed by atoms with Gasteiger partial charge in [0.15, 0.2) is 0 Å². The lowest BCUT2D eigenvalue weighted by Gasteiger charge is -2.23. The first-order valence-corrected chi connectivity index (χ1v) is 5.75. The maximum Gasteiger partial charge on any atom is 0.407 e. The van der Waals surface area contributed by atoms with Crippen molar-refractivity contribution in [1.29, 1.82) is 0 Å². The quantitative estimate of drug-likeness (QED) is 0.856. The highest BCUT2D eigenvalue weighted by Gasteiger charge is 2.20. The Morgan fingerprint density at radius 1 is 1.11 bits per heavy atom. The second kappa shape index (κ2) is 5.27. The van der Waals surface area contributed by atoms with Crippen LogP contribution in [-0.2, 0) is 4.74 Å². The smallest absolute Gasteiger partial charge is 0.407 e. The van der Waals surface area contributed by atoms with Crippen LogP contribution in [0.25, 0.3) is 10.8 Å². The molecule has 1 heterocycles. The number of nitrogens with one attached hydrogen (secondary N) is 1. The monoisotopic (exact) mass is 263 g/mol. The van der Waals surface area contributed by atoms with Gasteiger partial charge in [-0.05, 0) is 22.4 Å². The number of amides is 1. The molecule has 0 radical (unpaired) electrons. The number of fused-ring (bicyclic) bond motifs is 1. The molecule has 2 aromatic carbocycles. The number of rotatable bonds is 1. The van der Waals surface area contributed by atoms with Crippen molar-refractivity contribution < 1.29 is 9.53 Å². The summed E-state index contributed by atoms with van der Waals surface area (Å²) in [6, 6.07) is 14.6. The van der Waals surface area contributed by atoms with E-state index < -0.39 is 0 Å². The normalized spacial score (nSPS) is 18.7. The molecular formula is C14H14ClNO2. The fourth-order valence-corrected chi connectivity index (χ4v) is 2.20. The van der Waals surface area contributed by atoms with E-state index in [1.54, 1.807) is 0 Å². The first-order chi connectivity index (χ1) is 8.33. The number of carbonyl (C=O) groups excluding carboxylic acids is 1. The van der Waals surface area contributed by atoms with Crippen molar-refractivity contribution in [3.8, 4) is 0 Å². The Balaban J connectivity index is 0.00000120. The molecule has 0 bridgehead atoms. The van der Waals surface area contributed by atoms with E-state index in [0.717, 1.165) is 12.0 Å². The minimum absolute atomic E-state index is 0. The molecule has 3 nitrogen and oxygen atoms in total. The van der Waals surface area contributed by atoms with E-state index in [9.17, 15) is 4.79 Å². The molecule has 0 saturated carbocycles. The maximum absolute atomic E-state index is 11.2. The van der Waals surface area contributed by atoms with Gasteiger partial charge in [-0.1, -0.05) is 36.4 Å². The highest BCUT2D eigenvalue weighted by molar-refractivity contribution is 5.85. The Morgan fingerprint density at radius 3 is 2.67 bits per heavy atom. The molecule has 18 heavy (non-hydrogen) atoms. The van der Waals surface area contributed by atoms with Crippen LogP contribution in [-0.4, -0.2) is 12.7 Å². The molecular weight excluding hydrogens is 250 g/mol. The fourth-order valence-electron chi connectivity index (χ4n) is 2.20. The first-order valence-electron chi connectivity index (χ1n) is 5.75. The van der Waals surface area contributed by atoms with Crippen molar-refractivity contribution in [3.63, 3.8) is 0 Å². The summed E-state index contributed by atoms with van der Waals surface area (Å²) < 4.78 is 4.87. The van der Waals surface area contributed by atoms with E-state index in [0.29, 0.717) is 6.61 Å². The van der Waals surface area contributed by atoms with Crippen LogP contribution in [0.1, 0.15) is 18.0 Å². The molecule has 1 N–H and O–H groups in total. The molecule has 0 aromatic heterocycles. The van der Waals surface area contributed by atoms with Crippen LogP contribution in [0.15, 0.2) is 42.5 Å². The van der Waals surface area contributed by atoms with Crippen LogP contribution < -0.4 is 5.32 Å². The average Bonchev–Trinajstić information content (AvgIpc) is 2.38. The molecule has 1 fully saturated rings. The highest BCUT2D eigenvalue weighted by Crippen LogP contribution is 2.24. The van der Waals surface area contributed by atoms with Gasteiger partial charge in [0.2, 0.25) is 0 Å². The predicted molar refractivity (Wildman–Crippen MR) is 73.0 cm³/mol. The van der Waals surface area contributed by atoms with E-state index >= 15 is 0 Å². The molecule has 0 spiro atoms. The standard InChI is InChI=1S/C14H13NO2.ClH/c16-14-15-13(7-8-17-14)12-6-5-10-3-1-2-4-11(10)9-12;/h1-6,9,13H,7-8H2,(H,15,16);1H/t13-;/m1./s1. The summed E-state index contributed by atoms with van der Waals surface area (Å²) in [5.74, 6) is 0. The second-order valence-electron chi connectivity index (χ2n) is 4.23. The summed E-state index contributed by atoms with van der Waals surface area (Å²) in [5, 5.41) is 5.25. The Labute approximate surface area is 112 Å². The van der Waals surface area contributed by atoms with Gasteiger partial charge in [-0.25, -0.2) is 4.79 Å². The highest BCUT2D eigenvalue weighted by atomic mass is 35.5. The fraction of sp³-hybridized carbons (Fsp3) is 0.214. The van der Waals surface area contributed by atoms with Gasteiger partial charge >= 0.3 is 6.09 Å². The molecule has 1 aliphatic rings. The Bertz CT molecular complexity index is 570. The Morgan fingerprint density at radius 2 is 1.89 bits per heavy atom. The molecule has 1 saturated heterocycles. The molecule has 94 valence electrons. The lowest BCUT2D eigenvalue weighted by atomic mass is 9.99. The zero-order valence-corrected chi connectivity index (χ0v) is 10.6. The van der Waals surface area contributed by atoms with Gasteiger partial charge in [0.05, 0.1) is 12.6 Å². The van der Waals surface area contributed by atoms with Crippen LogP contribution in [0.2, 0.25) is 0 Å². The van der Waals surface area contributed by atoms with Gasteiger partial charge in [0.25, 0.3) is 0 Å². The lowest BCUT2D eigenvalue weighted by molar-refractivity contribution is 0.115. The largest absolute Gasteiger partial charge is 0.449 e. The minimum Gasteiger partial charge on any atom is -0.449 e. The van der Waals surface area contributed by atoms with Gasteiger partial charge in [-0.2, -0.15) is 0 Å². The number of halogens is 1. The molecule has 2 aromatic rings. The molecule has 0 unspecified atom stereocenters. The predicted octanol–water partition coefficient (Wildman–Crippen LogP) is 3.43. The zero-order chi connectivity index (χ0) is 11.7. The molecule has 1 aliphatic heterocycles. The van der Waals surface area contributed by atoms with Crippen LogP contribution in [0.4, 0.5) is 4.79 Å². The van der Waals surface area contributed by atoms with Crippen molar-refractivity contribution in [2.24, 2.45) is 0 Å². The van der Waals surface area contributed by atoms with Gasteiger partial charge in [0, 0.05) is 6.42 Å². The summed E-state index contributed by atoms with van der Waals surface area (Å²) in [5.41, 5.74) is 1.14. The van der Waals surface area contributed by atoms with E-state index in [-0.39, 0.29) is 24.5 Å². The maximum atomic E-state index is 11.2. The van der Waals surface area contributed by atoms with E-state index in [2.05, 4.69) is 35.6 Å². The third-order valence-electron chi connectivity index (χ3n) is 3.11. The number of carbonyl (C=O) groups is 1.